The topological polar surface area (TPSA) is 84.7 Å². The molecule has 1 aromatic carbocycles. The predicted octanol–water partition coefficient (Wildman–Crippen LogP) is 3.75. The first-order valence-corrected chi connectivity index (χ1v) is 8.43. The lowest BCUT2D eigenvalue weighted by Crippen LogP contribution is -2.14. The Bertz CT molecular complexity index is 998. The van der Waals surface area contributed by atoms with Crippen LogP contribution >= 0.6 is 11.8 Å². The molecule has 2 aromatic heterocycles. The average molecular weight is 382 g/mol. The van der Waals surface area contributed by atoms with E-state index < -0.39 is 11.7 Å². The molecular formula is C16H13F3N4O2S. The van der Waals surface area contributed by atoms with Gasteiger partial charge in [-0.05, 0) is 26.0 Å². The summed E-state index contributed by atoms with van der Waals surface area (Å²) >= 11 is 1.18. The number of rotatable bonds is 4. The molecule has 0 radical (unpaired) electrons. The van der Waals surface area contributed by atoms with Crippen molar-refractivity contribution in [2.24, 2.45) is 0 Å². The largest absolute Gasteiger partial charge is 0.416 e. The number of hydrogen-bond donors (Lipinski definition) is 1. The Labute approximate surface area is 149 Å². The van der Waals surface area contributed by atoms with Crippen molar-refractivity contribution in [3.63, 3.8) is 0 Å². The summed E-state index contributed by atoms with van der Waals surface area (Å²) in [6.07, 6.45) is -4.45. The predicted molar refractivity (Wildman–Crippen MR) is 88.6 cm³/mol. The van der Waals surface area contributed by atoms with E-state index >= 15 is 0 Å². The number of alkyl halides is 3. The number of aromatic nitrogens is 4. The highest BCUT2D eigenvalue weighted by Gasteiger charge is 2.30. The minimum atomic E-state index is -4.45. The Morgan fingerprint density at radius 1 is 1.23 bits per heavy atom. The fraction of sp³-hybridized carbons (Fsp3) is 0.250. The second-order valence-electron chi connectivity index (χ2n) is 5.46. The van der Waals surface area contributed by atoms with Crippen LogP contribution < -0.4 is 5.56 Å². The molecule has 0 saturated heterocycles. The van der Waals surface area contributed by atoms with Crippen molar-refractivity contribution in [1.82, 2.24) is 20.1 Å². The molecule has 0 unspecified atom stereocenters. The molecule has 0 aliphatic rings. The van der Waals surface area contributed by atoms with E-state index in [1.165, 1.54) is 23.9 Å². The van der Waals surface area contributed by atoms with Crippen molar-refractivity contribution in [3.8, 4) is 11.4 Å². The molecule has 26 heavy (non-hydrogen) atoms. The zero-order valence-corrected chi connectivity index (χ0v) is 14.5. The third-order valence-corrected chi connectivity index (χ3v) is 4.48. The summed E-state index contributed by atoms with van der Waals surface area (Å²) in [5.74, 6) is 0.494. The summed E-state index contributed by atoms with van der Waals surface area (Å²) in [7, 11) is 0. The summed E-state index contributed by atoms with van der Waals surface area (Å²) in [6, 6.07) is 4.69. The monoisotopic (exact) mass is 382 g/mol. The smallest absolute Gasteiger partial charge is 0.338 e. The van der Waals surface area contributed by atoms with Crippen molar-refractivity contribution in [3.05, 3.63) is 57.3 Å². The summed E-state index contributed by atoms with van der Waals surface area (Å²) in [6.45, 7) is 3.40. The number of thioether (sulfide) groups is 1. The van der Waals surface area contributed by atoms with Gasteiger partial charge in [-0.3, -0.25) is 4.79 Å². The zero-order chi connectivity index (χ0) is 18.9. The maximum absolute atomic E-state index is 12.8. The number of aryl methyl sites for hydroxylation is 1. The summed E-state index contributed by atoms with van der Waals surface area (Å²) < 4.78 is 43.4. The molecule has 3 aromatic rings. The average Bonchev–Trinajstić information content (AvgIpc) is 3.06. The van der Waals surface area contributed by atoms with Gasteiger partial charge < -0.3 is 9.51 Å². The van der Waals surface area contributed by atoms with Gasteiger partial charge in [0.1, 0.15) is 0 Å². The minimum absolute atomic E-state index is 0.0632. The molecule has 0 bridgehead atoms. The van der Waals surface area contributed by atoms with Crippen LogP contribution in [0, 0.1) is 13.8 Å². The Balaban J connectivity index is 1.76. The van der Waals surface area contributed by atoms with Crippen LogP contribution in [0.25, 0.3) is 11.4 Å². The van der Waals surface area contributed by atoms with Crippen molar-refractivity contribution in [1.29, 1.82) is 0 Å². The van der Waals surface area contributed by atoms with E-state index in [9.17, 15) is 18.0 Å². The third-order valence-electron chi connectivity index (χ3n) is 3.62. The minimum Gasteiger partial charge on any atom is -0.338 e. The molecule has 3 rings (SSSR count). The molecule has 6 nitrogen and oxygen atoms in total. The normalized spacial score (nSPS) is 11.7. The van der Waals surface area contributed by atoms with E-state index in [1.54, 1.807) is 13.8 Å². The standard InChI is InChI=1S/C16H13F3N4O2S/c1-8-9(2)20-15(22-14(8)24)26-7-12-21-13(23-25-12)10-4-3-5-11(6-10)16(17,18)19/h3-6H,7H2,1-2H3,(H,20,22,24). The van der Waals surface area contributed by atoms with Gasteiger partial charge in [-0.15, -0.1) is 0 Å². The number of benzene rings is 1. The van der Waals surface area contributed by atoms with Gasteiger partial charge in [0.2, 0.25) is 11.7 Å². The van der Waals surface area contributed by atoms with Crippen LogP contribution in [0.3, 0.4) is 0 Å². The molecule has 136 valence electrons. The molecule has 0 aliphatic heterocycles. The molecule has 0 amide bonds. The van der Waals surface area contributed by atoms with Gasteiger partial charge >= 0.3 is 6.18 Å². The lowest BCUT2D eigenvalue weighted by atomic mass is 10.1. The third kappa shape index (κ3) is 3.96. The first-order valence-electron chi connectivity index (χ1n) is 7.44. The van der Waals surface area contributed by atoms with Crippen molar-refractivity contribution in [2.75, 3.05) is 0 Å². The van der Waals surface area contributed by atoms with Gasteiger partial charge in [0.05, 0.1) is 11.3 Å². The van der Waals surface area contributed by atoms with Gasteiger partial charge in [-0.25, -0.2) is 4.98 Å². The van der Waals surface area contributed by atoms with E-state index in [0.717, 1.165) is 12.1 Å². The number of nitrogens with one attached hydrogen (secondary N) is 1. The van der Waals surface area contributed by atoms with E-state index in [1.807, 2.05) is 0 Å². The first-order chi connectivity index (χ1) is 12.2. The van der Waals surface area contributed by atoms with Crippen molar-refractivity contribution < 1.29 is 17.7 Å². The molecule has 0 fully saturated rings. The molecule has 1 N–H and O–H groups in total. The van der Waals surface area contributed by atoms with Crippen LogP contribution in [-0.2, 0) is 11.9 Å². The van der Waals surface area contributed by atoms with Crippen LogP contribution in [0.2, 0.25) is 0 Å². The van der Waals surface area contributed by atoms with Crippen LogP contribution in [0.15, 0.2) is 38.7 Å². The van der Waals surface area contributed by atoms with E-state index in [0.29, 0.717) is 16.4 Å². The molecule has 0 saturated carbocycles. The fourth-order valence-corrected chi connectivity index (χ4v) is 2.83. The molecule has 0 spiro atoms. The van der Waals surface area contributed by atoms with Crippen LogP contribution in [-0.4, -0.2) is 20.1 Å². The maximum Gasteiger partial charge on any atom is 0.416 e. The van der Waals surface area contributed by atoms with Gasteiger partial charge in [0.25, 0.3) is 5.56 Å². The quantitative estimate of drug-likeness (QED) is 0.546. The Morgan fingerprint density at radius 3 is 2.69 bits per heavy atom. The lowest BCUT2D eigenvalue weighted by Gasteiger charge is -2.06. The number of aromatic amines is 1. The Kier molecular flexibility index (Phi) is 4.86. The lowest BCUT2D eigenvalue weighted by molar-refractivity contribution is -0.137. The SMILES string of the molecule is Cc1nc(SCc2nc(-c3cccc(C(F)(F)F)c3)no2)[nH]c(=O)c1C. The van der Waals surface area contributed by atoms with E-state index in [4.69, 9.17) is 4.52 Å². The van der Waals surface area contributed by atoms with Crippen LogP contribution in [0.1, 0.15) is 22.7 Å². The summed E-state index contributed by atoms with van der Waals surface area (Å²) in [5.41, 5.74) is 0.353. The second-order valence-corrected chi connectivity index (χ2v) is 6.42. The van der Waals surface area contributed by atoms with Crippen molar-refractivity contribution >= 4 is 11.8 Å². The molecular weight excluding hydrogens is 369 g/mol. The number of nitrogens with zero attached hydrogens (tertiary/aromatic N) is 3. The van der Waals surface area contributed by atoms with Gasteiger partial charge in [-0.1, -0.05) is 29.1 Å². The van der Waals surface area contributed by atoms with E-state index in [-0.39, 0.29) is 28.6 Å². The molecule has 0 aliphatic carbocycles. The number of hydrogen-bond acceptors (Lipinski definition) is 6. The first kappa shape index (κ1) is 18.2. The maximum atomic E-state index is 12.8. The zero-order valence-electron chi connectivity index (χ0n) is 13.7. The highest BCUT2D eigenvalue weighted by molar-refractivity contribution is 7.98. The molecule has 0 atom stereocenters. The van der Waals surface area contributed by atoms with Gasteiger partial charge in [0.15, 0.2) is 5.16 Å². The van der Waals surface area contributed by atoms with Crippen LogP contribution in [0.4, 0.5) is 13.2 Å². The number of H-pyrrole nitrogens is 1. The Hall–Kier alpha value is -2.62. The Morgan fingerprint density at radius 2 is 2.00 bits per heavy atom. The summed E-state index contributed by atoms with van der Waals surface area (Å²) in [5, 5.41) is 4.11. The summed E-state index contributed by atoms with van der Waals surface area (Å²) in [4.78, 5) is 22.7. The number of halogens is 3. The van der Waals surface area contributed by atoms with Crippen molar-refractivity contribution in [2.45, 2.75) is 30.9 Å². The molecule has 2 heterocycles. The van der Waals surface area contributed by atoms with E-state index in [2.05, 4.69) is 20.1 Å². The van der Waals surface area contributed by atoms with Gasteiger partial charge in [-0.2, -0.15) is 18.2 Å². The van der Waals surface area contributed by atoms with Gasteiger partial charge in [0, 0.05) is 16.8 Å². The highest BCUT2D eigenvalue weighted by atomic mass is 32.2. The molecule has 10 heteroatoms. The highest BCUT2D eigenvalue weighted by Crippen LogP contribution is 2.31. The fourth-order valence-electron chi connectivity index (χ4n) is 2.08. The second kappa shape index (κ2) is 6.94. The van der Waals surface area contributed by atoms with Crippen LogP contribution in [0.5, 0.6) is 0 Å².